The minimum Gasteiger partial charge on any atom is -0.493 e. The fraction of sp³-hybridized carbons (Fsp3) is 0.300. The molecule has 1 aliphatic heterocycles. The van der Waals surface area contributed by atoms with Crippen LogP contribution in [0.15, 0.2) is 53.3 Å². The molecule has 0 spiro atoms. The zero-order valence-electron chi connectivity index (χ0n) is 15.5. The molecule has 0 N–H and O–H groups in total. The molecule has 1 amide bonds. The van der Waals surface area contributed by atoms with E-state index < -0.39 is 6.10 Å². The Bertz CT molecular complexity index is 949. The molecule has 3 aromatic rings. The summed E-state index contributed by atoms with van der Waals surface area (Å²) in [5.41, 5.74) is 0.755. The molecule has 1 aromatic carbocycles. The molecule has 0 unspecified atom stereocenters. The number of amides is 1. The van der Waals surface area contributed by atoms with Gasteiger partial charge in [-0.05, 0) is 36.4 Å². The number of pyridine rings is 1. The largest absolute Gasteiger partial charge is 0.493 e. The highest BCUT2D eigenvalue weighted by atomic mass is 35.5. The van der Waals surface area contributed by atoms with E-state index in [0.717, 1.165) is 5.56 Å². The van der Waals surface area contributed by atoms with Crippen LogP contribution in [0.4, 0.5) is 0 Å². The molecule has 2 aromatic heterocycles. The van der Waals surface area contributed by atoms with Crippen LogP contribution in [-0.2, 0) is 9.53 Å². The fourth-order valence-corrected chi connectivity index (χ4v) is 3.07. The molecule has 0 saturated carbocycles. The standard InChI is InChI=1S/C20H19ClN4O4/c21-15-3-5-16(6-4-15)27-10-7-18(26)25-9-11-28-17(13-25)20-23-19(24-29-20)14-2-1-8-22-12-14/h1-6,8,12,17H,7,9-11,13H2/t17-/m1/s1. The van der Waals surface area contributed by atoms with Crippen molar-refractivity contribution in [1.29, 1.82) is 0 Å². The van der Waals surface area contributed by atoms with Crippen molar-refractivity contribution in [3.63, 3.8) is 0 Å². The summed E-state index contributed by atoms with van der Waals surface area (Å²) in [5.74, 6) is 1.45. The van der Waals surface area contributed by atoms with Crippen LogP contribution in [0.2, 0.25) is 5.02 Å². The summed E-state index contributed by atoms with van der Waals surface area (Å²) in [6, 6.07) is 10.7. The molecule has 1 fully saturated rings. The molecule has 1 aliphatic rings. The van der Waals surface area contributed by atoms with E-state index in [2.05, 4.69) is 15.1 Å². The van der Waals surface area contributed by atoms with Crippen molar-refractivity contribution in [3.05, 3.63) is 59.7 Å². The second-order valence-corrected chi connectivity index (χ2v) is 6.89. The lowest BCUT2D eigenvalue weighted by molar-refractivity contribution is -0.140. The molecule has 1 saturated heterocycles. The molecule has 8 nitrogen and oxygen atoms in total. The number of hydrogen-bond donors (Lipinski definition) is 0. The van der Waals surface area contributed by atoms with Gasteiger partial charge in [-0.1, -0.05) is 16.8 Å². The summed E-state index contributed by atoms with van der Waals surface area (Å²) in [6.45, 7) is 1.56. The van der Waals surface area contributed by atoms with Crippen LogP contribution >= 0.6 is 11.6 Å². The first-order chi connectivity index (χ1) is 14.2. The van der Waals surface area contributed by atoms with E-state index in [4.69, 9.17) is 25.6 Å². The number of halogens is 1. The van der Waals surface area contributed by atoms with E-state index in [1.807, 2.05) is 6.07 Å². The Balaban J connectivity index is 1.31. The first-order valence-corrected chi connectivity index (χ1v) is 9.58. The molecule has 0 radical (unpaired) electrons. The van der Waals surface area contributed by atoms with Gasteiger partial charge in [-0.25, -0.2) is 0 Å². The maximum atomic E-state index is 12.5. The molecular weight excluding hydrogens is 396 g/mol. The number of rotatable bonds is 6. The molecule has 0 bridgehead atoms. The van der Waals surface area contributed by atoms with Gasteiger partial charge < -0.3 is 18.9 Å². The second kappa shape index (κ2) is 9.02. The zero-order valence-corrected chi connectivity index (χ0v) is 16.3. The first kappa shape index (κ1) is 19.4. The maximum absolute atomic E-state index is 12.5. The molecule has 4 rings (SSSR count). The highest BCUT2D eigenvalue weighted by molar-refractivity contribution is 6.30. The van der Waals surface area contributed by atoms with Crippen LogP contribution in [0.25, 0.3) is 11.4 Å². The van der Waals surface area contributed by atoms with Crippen LogP contribution in [0.3, 0.4) is 0 Å². The molecule has 9 heteroatoms. The Morgan fingerprint density at radius 2 is 2.14 bits per heavy atom. The summed E-state index contributed by atoms with van der Waals surface area (Å²) in [5, 5.41) is 4.62. The lowest BCUT2D eigenvalue weighted by Crippen LogP contribution is -2.42. The molecular formula is C20H19ClN4O4. The van der Waals surface area contributed by atoms with Crippen LogP contribution in [0, 0.1) is 0 Å². The first-order valence-electron chi connectivity index (χ1n) is 9.21. The van der Waals surface area contributed by atoms with Crippen molar-refractivity contribution in [3.8, 4) is 17.1 Å². The Kier molecular flexibility index (Phi) is 6.02. The Morgan fingerprint density at radius 3 is 2.93 bits per heavy atom. The zero-order chi connectivity index (χ0) is 20.1. The van der Waals surface area contributed by atoms with E-state index in [1.165, 1.54) is 0 Å². The van der Waals surface area contributed by atoms with Gasteiger partial charge >= 0.3 is 0 Å². The van der Waals surface area contributed by atoms with E-state index in [1.54, 1.807) is 47.6 Å². The van der Waals surface area contributed by atoms with Crippen molar-refractivity contribution in [1.82, 2.24) is 20.0 Å². The van der Waals surface area contributed by atoms with Crippen molar-refractivity contribution >= 4 is 17.5 Å². The normalized spacial score (nSPS) is 16.6. The van der Waals surface area contributed by atoms with Gasteiger partial charge in [-0.15, -0.1) is 0 Å². The van der Waals surface area contributed by atoms with Gasteiger partial charge in [0.25, 0.3) is 5.89 Å². The third-order valence-electron chi connectivity index (χ3n) is 4.45. The lowest BCUT2D eigenvalue weighted by Gasteiger charge is -2.31. The smallest absolute Gasteiger partial charge is 0.257 e. The number of carbonyl (C=O) groups is 1. The molecule has 1 atom stereocenters. The van der Waals surface area contributed by atoms with E-state index >= 15 is 0 Å². The van der Waals surface area contributed by atoms with Gasteiger partial charge in [-0.2, -0.15) is 4.98 Å². The number of hydrogen-bond acceptors (Lipinski definition) is 7. The van der Waals surface area contributed by atoms with E-state index in [0.29, 0.717) is 42.2 Å². The second-order valence-electron chi connectivity index (χ2n) is 6.45. The van der Waals surface area contributed by atoms with Crippen LogP contribution in [0.5, 0.6) is 5.75 Å². The number of benzene rings is 1. The predicted molar refractivity (Wildman–Crippen MR) is 104 cm³/mol. The van der Waals surface area contributed by atoms with Crippen LogP contribution in [-0.4, -0.2) is 52.2 Å². The number of ether oxygens (including phenoxy) is 2. The molecule has 29 heavy (non-hydrogen) atoms. The highest BCUT2D eigenvalue weighted by Gasteiger charge is 2.29. The minimum atomic E-state index is -0.456. The van der Waals surface area contributed by atoms with Gasteiger partial charge in [0.2, 0.25) is 11.7 Å². The molecule has 3 heterocycles. The Hall–Kier alpha value is -2.97. The number of nitrogens with zero attached hydrogens (tertiary/aromatic N) is 4. The van der Waals surface area contributed by atoms with Crippen molar-refractivity contribution in [2.24, 2.45) is 0 Å². The lowest BCUT2D eigenvalue weighted by atomic mass is 10.2. The predicted octanol–water partition coefficient (Wildman–Crippen LogP) is 3.15. The van der Waals surface area contributed by atoms with Crippen molar-refractivity contribution in [2.75, 3.05) is 26.3 Å². The van der Waals surface area contributed by atoms with Gasteiger partial charge in [-0.3, -0.25) is 9.78 Å². The van der Waals surface area contributed by atoms with Crippen molar-refractivity contribution < 1.29 is 18.8 Å². The van der Waals surface area contributed by atoms with Crippen molar-refractivity contribution in [2.45, 2.75) is 12.5 Å². The third kappa shape index (κ3) is 4.90. The summed E-state index contributed by atoms with van der Waals surface area (Å²) in [6.07, 6.45) is 3.14. The number of carbonyl (C=O) groups excluding carboxylic acids is 1. The SMILES string of the molecule is O=C(CCOc1ccc(Cl)cc1)N1CCO[C@@H](c2nc(-c3cccnc3)no2)C1. The Morgan fingerprint density at radius 1 is 1.28 bits per heavy atom. The molecule has 0 aliphatic carbocycles. The highest BCUT2D eigenvalue weighted by Crippen LogP contribution is 2.24. The summed E-state index contributed by atoms with van der Waals surface area (Å²) in [4.78, 5) is 22.7. The fourth-order valence-electron chi connectivity index (χ4n) is 2.95. The average molecular weight is 415 g/mol. The summed E-state index contributed by atoms with van der Waals surface area (Å²) in [7, 11) is 0. The number of aromatic nitrogens is 3. The summed E-state index contributed by atoms with van der Waals surface area (Å²) < 4.78 is 16.7. The topological polar surface area (TPSA) is 90.6 Å². The number of morpholine rings is 1. The van der Waals surface area contributed by atoms with E-state index in [-0.39, 0.29) is 18.9 Å². The monoisotopic (exact) mass is 414 g/mol. The van der Waals surface area contributed by atoms with Gasteiger partial charge in [0.05, 0.1) is 26.2 Å². The molecule has 150 valence electrons. The van der Waals surface area contributed by atoms with Crippen LogP contribution in [0.1, 0.15) is 18.4 Å². The van der Waals surface area contributed by atoms with E-state index in [9.17, 15) is 4.79 Å². The quantitative estimate of drug-likeness (QED) is 0.611. The Labute approximate surface area is 172 Å². The average Bonchev–Trinajstić information content (AvgIpc) is 3.26. The van der Waals surface area contributed by atoms with Gasteiger partial charge in [0.1, 0.15) is 5.75 Å². The van der Waals surface area contributed by atoms with Gasteiger partial charge in [0, 0.05) is 29.5 Å². The third-order valence-corrected chi connectivity index (χ3v) is 4.71. The van der Waals surface area contributed by atoms with Gasteiger partial charge in [0.15, 0.2) is 6.10 Å². The van der Waals surface area contributed by atoms with Crippen LogP contribution < -0.4 is 4.74 Å². The maximum Gasteiger partial charge on any atom is 0.257 e. The summed E-state index contributed by atoms with van der Waals surface area (Å²) >= 11 is 5.85. The minimum absolute atomic E-state index is 0.0146.